The minimum absolute atomic E-state index is 0.160. The molecule has 1 aliphatic rings. The lowest BCUT2D eigenvalue weighted by Gasteiger charge is -1.91. The van der Waals surface area contributed by atoms with Gasteiger partial charge >= 0.3 is 0 Å². The summed E-state index contributed by atoms with van der Waals surface area (Å²) < 4.78 is 0. The van der Waals surface area contributed by atoms with Gasteiger partial charge in [-0.1, -0.05) is 6.92 Å². The molecule has 0 aliphatic heterocycles. The first-order chi connectivity index (χ1) is 4.12. The van der Waals surface area contributed by atoms with Crippen LogP contribution in [-0.4, -0.2) is 4.92 Å². The van der Waals surface area contributed by atoms with Gasteiger partial charge in [-0.05, 0) is 24.3 Å². The molecule has 3 heteroatoms. The molecule has 0 N–H and O–H groups in total. The predicted molar refractivity (Wildman–Crippen MR) is 33.5 cm³/mol. The molecule has 0 spiro atoms. The van der Waals surface area contributed by atoms with Gasteiger partial charge in [-0.25, -0.2) is 0 Å². The monoisotopic (exact) mass is 127 g/mol. The highest BCUT2D eigenvalue weighted by Gasteiger charge is 2.35. The largest absolute Gasteiger partial charge is 0.259 e. The standard InChI is InChI=1S/C6H9NO2/c1-6(2-3-6)4-5-7(8)9/h4-5H,2-3H2,1H3/b5-4+. The zero-order valence-electron chi connectivity index (χ0n) is 5.33. The lowest BCUT2D eigenvalue weighted by molar-refractivity contribution is -0.402. The average Bonchev–Trinajstić information content (AvgIpc) is 2.45. The van der Waals surface area contributed by atoms with Gasteiger partial charge in [-0.15, -0.1) is 0 Å². The van der Waals surface area contributed by atoms with Crippen LogP contribution < -0.4 is 0 Å². The Labute approximate surface area is 53.5 Å². The highest BCUT2D eigenvalue weighted by Crippen LogP contribution is 2.46. The van der Waals surface area contributed by atoms with Gasteiger partial charge in [0.15, 0.2) is 0 Å². The molecule has 9 heavy (non-hydrogen) atoms. The van der Waals surface area contributed by atoms with Crippen LogP contribution in [0, 0.1) is 15.5 Å². The number of allylic oxidation sites excluding steroid dienone is 1. The Hall–Kier alpha value is -0.860. The normalized spacial score (nSPS) is 22.3. The minimum atomic E-state index is -0.413. The Kier molecular flexibility index (Phi) is 1.27. The molecule has 0 aromatic carbocycles. The Balaban J connectivity index is 2.40. The van der Waals surface area contributed by atoms with Crippen LogP contribution in [0.5, 0.6) is 0 Å². The van der Waals surface area contributed by atoms with E-state index in [2.05, 4.69) is 0 Å². The van der Waals surface area contributed by atoms with Crippen molar-refractivity contribution in [2.24, 2.45) is 5.41 Å². The molecular formula is C6H9NO2. The second-order valence-electron chi connectivity index (χ2n) is 2.76. The summed E-state index contributed by atoms with van der Waals surface area (Å²) in [4.78, 5) is 9.38. The van der Waals surface area contributed by atoms with Gasteiger partial charge in [-0.3, -0.25) is 10.1 Å². The molecule has 0 unspecified atom stereocenters. The Bertz CT molecular complexity index is 158. The Morgan fingerprint density at radius 2 is 2.22 bits per heavy atom. The van der Waals surface area contributed by atoms with Gasteiger partial charge in [0.2, 0.25) is 6.20 Å². The van der Waals surface area contributed by atoms with Crippen LogP contribution in [0.15, 0.2) is 12.3 Å². The molecule has 0 aromatic heterocycles. The Morgan fingerprint density at radius 3 is 2.56 bits per heavy atom. The quantitative estimate of drug-likeness (QED) is 0.417. The summed E-state index contributed by atoms with van der Waals surface area (Å²) in [6, 6.07) is 0. The van der Waals surface area contributed by atoms with Crippen molar-refractivity contribution in [1.29, 1.82) is 0 Å². The van der Waals surface area contributed by atoms with Crippen LogP contribution in [0.1, 0.15) is 19.8 Å². The molecule has 3 nitrogen and oxygen atoms in total. The van der Waals surface area contributed by atoms with Crippen LogP contribution in [0.25, 0.3) is 0 Å². The topological polar surface area (TPSA) is 43.1 Å². The third kappa shape index (κ3) is 1.83. The highest BCUT2D eigenvalue weighted by molar-refractivity contribution is 5.03. The maximum absolute atomic E-state index is 9.79. The molecule has 0 heterocycles. The van der Waals surface area contributed by atoms with E-state index in [0.29, 0.717) is 0 Å². The third-order valence-electron chi connectivity index (χ3n) is 1.64. The van der Waals surface area contributed by atoms with E-state index < -0.39 is 4.92 Å². The van der Waals surface area contributed by atoms with E-state index in [1.807, 2.05) is 6.92 Å². The summed E-state index contributed by atoms with van der Waals surface area (Å²) in [5, 5.41) is 9.79. The average molecular weight is 127 g/mol. The molecule has 1 fully saturated rings. The van der Waals surface area contributed by atoms with Crippen LogP contribution in [-0.2, 0) is 0 Å². The van der Waals surface area contributed by atoms with E-state index in [1.165, 1.54) is 0 Å². The molecule has 1 rings (SSSR count). The molecule has 1 saturated carbocycles. The summed E-state index contributed by atoms with van der Waals surface area (Å²) in [6.45, 7) is 2.02. The molecule has 0 atom stereocenters. The van der Waals surface area contributed by atoms with Crippen LogP contribution in [0.2, 0.25) is 0 Å². The van der Waals surface area contributed by atoms with Crippen molar-refractivity contribution in [1.82, 2.24) is 0 Å². The van der Waals surface area contributed by atoms with Crippen molar-refractivity contribution >= 4 is 0 Å². The van der Waals surface area contributed by atoms with E-state index in [-0.39, 0.29) is 5.41 Å². The molecule has 0 amide bonds. The number of nitrogens with zero attached hydrogens (tertiary/aromatic N) is 1. The maximum Gasteiger partial charge on any atom is 0.231 e. The molecule has 0 radical (unpaired) electrons. The third-order valence-corrected chi connectivity index (χ3v) is 1.64. The number of hydrogen-bond acceptors (Lipinski definition) is 2. The molecule has 0 saturated heterocycles. The zero-order chi connectivity index (χ0) is 6.91. The lowest BCUT2D eigenvalue weighted by atomic mass is 10.1. The summed E-state index contributed by atoms with van der Waals surface area (Å²) in [5.41, 5.74) is 0.160. The van der Waals surface area contributed by atoms with Crippen LogP contribution >= 0.6 is 0 Å². The fourth-order valence-corrected chi connectivity index (χ4v) is 0.605. The van der Waals surface area contributed by atoms with E-state index in [0.717, 1.165) is 19.0 Å². The smallest absolute Gasteiger partial charge is 0.231 e. The van der Waals surface area contributed by atoms with Crippen molar-refractivity contribution in [3.63, 3.8) is 0 Å². The summed E-state index contributed by atoms with van der Waals surface area (Å²) >= 11 is 0. The maximum atomic E-state index is 9.79. The van der Waals surface area contributed by atoms with Crippen molar-refractivity contribution < 1.29 is 4.92 Å². The molecule has 0 bridgehead atoms. The Morgan fingerprint density at radius 1 is 1.67 bits per heavy atom. The summed E-state index contributed by atoms with van der Waals surface area (Å²) in [7, 11) is 0. The SMILES string of the molecule is CC1(/C=C/[N+](=O)[O-])CC1. The molecular weight excluding hydrogens is 118 g/mol. The van der Waals surface area contributed by atoms with E-state index >= 15 is 0 Å². The van der Waals surface area contributed by atoms with Crippen molar-refractivity contribution in [3.05, 3.63) is 22.4 Å². The van der Waals surface area contributed by atoms with Gasteiger partial charge in [0.05, 0.1) is 4.92 Å². The summed E-state index contributed by atoms with van der Waals surface area (Å²) in [6.07, 6.45) is 4.90. The van der Waals surface area contributed by atoms with Crippen molar-refractivity contribution in [3.8, 4) is 0 Å². The van der Waals surface area contributed by atoms with Gasteiger partial charge < -0.3 is 0 Å². The molecule has 50 valence electrons. The van der Waals surface area contributed by atoms with Gasteiger partial charge in [0.25, 0.3) is 0 Å². The number of hydrogen-bond donors (Lipinski definition) is 0. The first kappa shape index (κ1) is 6.26. The predicted octanol–water partition coefficient (Wildman–Crippen LogP) is 1.58. The van der Waals surface area contributed by atoms with Gasteiger partial charge in [-0.2, -0.15) is 0 Å². The minimum Gasteiger partial charge on any atom is -0.259 e. The second-order valence-corrected chi connectivity index (χ2v) is 2.76. The van der Waals surface area contributed by atoms with E-state index in [4.69, 9.17) is 0 Å². The van der Waals surface area contributed by atoms with Crippen LogP contribution in [0.3, 0.4) is 0 Å². The van der Waals surface area contributed by atoms with Gasteiger partial charge in [0.1, 0.15) is 0 Å². The van der Waals surface area contributed by atoms with E-state index in [9.17, 15) is 10.1 Å². The number of rotatable bonds is 2. The zero-order valence-corrected chi connectivity index (χ0v) is 5.33. The molecule has 0 aromatic rings. The summed E-state index contributed by atoms with van der Waals surface area (Å²) in [5.74, 6) is 0. The van der Waals surface area contributed by atoms with E-state index in [1.54, 1.807) is 6.08 Å². The number of nitro groups is 1. The fraction of sp³-hybridized carbons (Fsp3) is 0.667. The second kappa shape index (κ2) is 1.83. The first-order valence-electron chi connectivity index (χ1n) is 2.95. The first-order valence-corrected chi connectivity index (χ1v) is 2.95. The van der Waals surface area contributed by atoms with Crippen molar-refractivity contribution in [2.75, 3.05) is 0 Å². The fourth-order valence-electron chi connectivity index (χ4n) is 0.605. The highest BCUT2D eigenvalue weighted by atomic mass is 16.6. The molecule has 1 aliphatic carbocycles. The van der Waals surface area contributed by atoms with Crippen molar-refractivity contribution in [2.45, 2.75) is 19.8 Å². The lowest BCUT2D eigenvalue weighted by Crippen LogP contribution is -1.89. The van der Waals surface area contributed by atoms with Gasteiger partial charge in [0, 0.05) is 0 Å². The van der Waals surface area contributed by atoms with Crippen LogP contribution in [0.4, 0.5) is 0 Å².